The van der Waals surface area contributed by atoms with E-state index in [1.54, 1.807) is 36.3 Å². The Labute approximate surface area is 152 Å². The molecule has 6 nitrogen and oxygen atoms in total. The minimum absolute atomic E-state index is 0.0586. The number of hydrogen-bond donors (Lipinski definition) is 1. The van der Waals surface area contributed by atoms with Gasteiger partial charge in [-0.1, -0.05) is 12.1 Å². The van der Waals surface area contributed by atoms with Crippen molar-refractivity contribution < 1.29 is 19.1 Å². The Morgan fingerprint density at radius 3 is 2.50 bits per heavy atom. The van der Waals surface area contributed by atoms with Crippen molar-refractivity contribution in [3.8, 4) is 5.75 Å². The first-order chi connectivity index (χ1) is 12.4. The number of esters is 1. The summed E-state index contributed by atoms with van der Waals surface area (Å²) in [4.78, 5) is 26.6. The van der Waals surface area contributed by atoms with Crippen molar-refractivity contribution in [2.45, 2.75) is 19.4 Å². The molecule has 0 aromatic heterocycles. The maximum absolute atomic E-state index is 12.7. The molecule has 0 atom stereocenters. The van der Waals surface area contributed by atoms with E-state index in [9.17, 15) is 9.59 Å². The van der Waals surface area contributed by atoms with Gasteiger partial charge < -0.3 is 19.7 Å². The smallest absolute Gasteiger partial charge is 0.338 e. The quantitative estimate of drug-likeness (QED) is 0.836. The molecule has 0 unspecified atom stereocenters. The molecule has 1 heterocycles. The van der Waals surface area contributed by atoms with Gasteiger partial charge in [0.15, 0.2) is 0 Å². The third-order valence-electron chi connectivity index (χ3n) is 4.30. The van der Waals surface area contributed by atoms with Crippen LogP contribution in [0.1, 0.15) is 24.2 Å². The van der Waals surface area contributed by atoms with Crippen LogP contribution in [-0.4, -0.2) is 37.7 Å². The van der Waals surface area contributed by atoms with Gasteiger partial charge in [0.05, 0.1) is 30.6 Å². The van der Waals surface area contributed by atoms with Crippen LogP contribution in [0.15, 0.2) is 48.5 Å². The SMILES string of the molecule is COc1ccc(C(=O)OCCN2C(=O)C(C)(C)Nc3ccccc32)cc1. The van der Waals surface area contributed by atoms with Gasteiger partial charge in [-0.3, -0.25) is 4.79 Å². The molecule has 0 radical (unpaired) electrons. The third-order valence-corrected chi connectivity index (χ3v) is 4.30. The van der Waals surface area contributed by atoms with Crippen molar-refractivity contribution in [2.75, 3.05) is 30.5 Å². The van der Waals surface area contributed by atoms with Gasteiger partial charge in [0.2, 0.25) is 0 Å². The average Bonchev–Trinajstić information content (AvgIpc) is 2.64. The van der Waals surface area contributed by atoms with E-state index in [0.717, 1.165) is 11.4 Å². The van der Waals surface area contributed by atoms with Gasteiger partial charge >= 0.3 is 5.97 Å². The topological polar surface area (TPSA) is 67.9 Å². The van der Waals surface area contributed by atoms with Crippen molar-refractivity contribution in [1.29, 1.82) is 0 Å². The summed E-state index contributed by atoms with van der Waals surface area (Å²) in [6.45, 7) is 4.08. The van der Waals surface area contributed by atoms with Crippen LogP contribution in [0.5, 0.6) is 5.75 Å². The molecule has 1 aliphatic rings. The van der Waals surface area contributed by atoms with Crippen LogP contribution in [0.2, 0.25) is 0 Å². The number of para-hydroxylation sites is 2. The van der Waals surface area contributed by atoms with E-state index in [4.69, 9.17) is 9.47 Å². The van der Waals surface area contributed by atoms with Crippen LogP contribution in [-0.2, 0) is 9.53 Å². The van der Waals surface area contributed by atoms with Gasteiger partial charge in [-0.25, -0.2) is 4.79 Å². The van der Waals surface area contributed by atoms with Gasteiger partial charge in [0.1, 0.15) is 17.9 Å². The minimum atomic E-state index is -0.714. The van der Waals surface area contributed by atoms with Crippen LogP contribution in [0.3, 0.4) is 0 Å². The van der Waals surface area contributed by atoms with E-state index in [1.165, 1.54) is 0 Å². The number of rotatable bonds is 5. The lowest BCUT2D eigenvalue weighted by atomic mass is 9.98. The number of methoxy groups -OCH3 is 1. The first kappa shape index (κ1) is 17.8. The number of nitrogens with zero attached hydrogens (tertiary/aromatic N) is 1. The summed E-state index contributed by atoms with van der Waals surface area (Å²) in [6.07, 6.45) is 0. The Balaban J connectivity index is 1.66. The molecule has 0 bridgehead atoms. The number of amides is 1. The molecule has 136 valence electrons. The van der Waals surface area contributed by atoms with Crippen molar-refractivity contribution >= 4 is 23.3 Å². The maximum atomic E-state index is 12.7. The fourth-order valence-corrected chi connectivity index (χ4v) is 2.91. The van der Waals surface area contributed by atoms with Crippen molar-refractivity contribution in [3.63, 3.8) is 0 Å². The lowest BCUT2D eigenvalue weighted by Crippen LogP contribution is -2.54. The fourth-order valence-electron chi connectivity index (χ4n) is 2.91. The van der Waals surface area contributed by atoms with Crippen molar-refractivity contribution in [2.24, 2.45) is 0 Å². The Morgan fingerprint density at radius 2 is 1.81 bits per heavy atom. The largest absolute Gasteiger partial charge is 0.497 e. The molecule has 1 amide bonds. The summed E-state index contributed by atoms with van der Waals surface area (Å²) in [5, 5.41) is 3.24. The molecule has 1 aliphatic heterocycles. The number of ether oxygens (including phenoxy) is 2. The number of fused-ring (bicyclic) bond motifs is 1. The number of carbonyl (C=O) groups is 2. The zero-order valence-corrected chi connectivity index (χ0v) is 15.1. The maximum Gasteiger partial charge on any atom is 0.338 e. The second-order valence-electron chi connectivity index (χ2n) is 6.59. The highest BCUT2D eigenvalue weighted by Crippen LogP contribution is 2.34. The van der Waals surface area contributed by atoms with Gasteiger partial charge in [0.25, 0.3) is 5.91 Å². The summed E-state index contributed by atoms with van der Waals surface area (Å²) >= 11 is 0. The Bertz CT molecular complexity index is 815. The average molecular weight is 354 g/mol. The highest BCUT2D eigenvalue weighted by molar-refractivity contribution is 6.07. The number of hydrogen-bond acceptors (Lipinski definition) is 5. The molecule has 26 heavy (non-hydrogen) atoms. The summed E-state index contributed by atoms with van der Waals surface area (Å²) in [5.41, 5.74) is 1.41. The Hall–Kier alpha value is -3.02. The third kappa shape index (κ3) is 3.49. The molecule has 2 aromatic rings. The van der Waals surface area contributed by atoms with E-state index >= 15 is 0 Å². The molecule has 0 saturated carbocycles. The van der Waals surface area contributed by atoms with Crippen LogP contribution in [0, 0.1) is 0 Å². The zero-order valence-electron chi connectivity index (χ0n) is 15.1. The molecule has 2 aromatic carbocycles. The van der Waals surface area contributed by atoms with Crippen molar-refractivity contribution in [1.82, 2.24) is 0 Å². The predicted octanol–water partition coefficient (Wildman–Crippen LogP) is 3.09. The van der Waals surface area contributed by atoms with E-state index in [1.807, 2.05) is 38.1 Å². The molecule has 1 N–H and O–H groups in total. The van der Waals surface area contributed by atoms with E-state index in [-0.39, 0.29) is 12.5 Å². The number of nitrogens with one attached hydrogen (secondary N) is 1. The summed E-state index contributed by atoms with van der Waals surface area (Å²) in [6, 6.07) is 14.3. The number of anilines is 2. The van der Waals surface area contributed by atoms with Gasteiger partial charge in [-0.05, 0) is 50.2 Å². The van der Waals surface area contributed by atoms with Crippen LogP contribution < -0.4 is 15.0 Å². The second-order valence-corrected chi connectivity index (χ2v) is 6.59. The van der Waals surface area contributed by atoms with E-state index in [2.05, 4.69) is 5.32 Å². The van der Waals surface area contributed by atoms with Gasteiger partial charge in [-0.15, -0.1) is 0 Å². The molecule has 6 heteroatoms. The molecule has 0 fully saturated rings. The summed E-state index contributed by atoms with van der Waals surface area (Å²) in [7, 11) is 1.57. The summed E-state index contributed by atoms with van der Waals surface area (Å²) < 4.78 is 10.4. The molecular formula is C20H22N2O4. The highest BCUT2D eigenvalue weighted by Gasteiger charge is 2.38. The summed E-state index contributed by atoms with van der Waals surface area (Å²) in [5.74, 6) is 0.186. The minimum Gasteiger partial charge on any atom is -0.497 e. The first-order valence-electron chi connectivity index (χ1n) is 8.43. The van der Waals surface area contributed by atoms with E-state index < -0.39 is 11.5 Å². The first-order valence-corrected chi connectivity index (χ1v) is 8.43. The molecule has 0 saturated heterocycles. The number of carbonyl (C=O) groups excluding carboxylic acids is 2. The van der Waals surface area contributed by atoms with E-state index in [0.29, 0.717) is 17.9 Å². The second kappa shape index (κ2) is 7.07. The molecular weight excluding hydrogens is 332 g/mol. The predicted molar refractivity (Wildman–Crippen MR) is 99.8 cm³/mol. The van der Waals surface area contributed by atoms with Crippen molar-refractivity contribution in [3.05, 3.63) is 54.1 Å². The highest BCUT2D eigenvalue weighted by atomic mass is 16.5. The Kier molecular flexibility index (Phi) is 4.84. The number of benzene rings is 2. The van der Waals surface area contributed by atoms with Gasteiger partial charge in [0, 0.05) is 0 Å². The monoisotopic (exact) mass is 354 g/mol. The molecule has 3 rings (SSSR count). The van der Waals surface area contributed by atoms with Gasteiger partial charge in [-0.2, -0.15) is 0 Å². The molecule has 0 spiro atoms. The Morgan fingerprint density at radius 1 is 1.12 bits per heavy atom. The lowest BCUT2D eigenvalue weighted by Gasteiger charge is -2.39. The fraction of sp³-hybridized carbons (Fsp3) is 0.300. The molecule has 0 aliphatic carbocycles. The standard InChI is InChI=1S/C20H22N2O4/c1-20(2)19(24)22(17-7-5-4-6-16(17)21-20)12-13-26-18(23)14-8-10-15(25-3)11-9-14/h4-11,21H,12-13H2,1-3H3. The zero-order chi connectivity index (χ0) is 18.7. The van der Waals surface area contributed by atoms with Crippen LogP contribution in [0.25, 0.3) is 0 Å². The normalized spacial score (nSPS) is 15.0. The lowest BCUT2D eigenvalue weighted by molar-refractivity contribution is -0.122. The van der Waals surface area contributed by atoms with Crippen LogP contribution >= 0.6 is 0 Å². The van der Waals surface area contributed by atoms with Crippen LogP contribution in [0.4, 0.5) is 11.4 Å².